The zero-order valence-corrected chi connectivity index (χ0v) is 11.6. The van der Waals surface area contributed by atoms with Gasteiger partial charge in [-0.25, -0.2) is 4.79 Å². The minimum absolute atomic E-state index is 0.233. The van der Waals surface area contributed by atoms with Crippen molar-refractivity contribution in [1.82, 2.24) is 0 Å². The molecule has 3 heteroatoms. The average Bonchev–Trinajstić information content (AvgIpc) is 2.22. The Bertz CT molecular complexity index is 416. The fourth-order valence-electron chi connectivity index (χ4n) is 1.71. The van der Waals surface area contributed by atoms with Crippen LogP contribution in [0.3, 0.4) is 0 Å². The van der Waals surface area contributed by atoms with Crippen molar-refractivity contribution in [3.63, 3.8) is 0 Å². The molecule has 0 atom stereocenters. The second-order valence-corrected chi connectivity index (χ2v) is 5.82. The van der Waals surface area contributed by atoms with Crippen LogP contribution in [0.15, 0.2) is 18.2 Å². The quantitative estimate of drug-likeness (QED) is 0.806. The Morgan fingerprint density at radius 1 is 1.33 bits per heavy atom. The third-order valence-electron chi connectivity index (χ3n) is 2.70. The number of aromatic carboxylic acids is 1. The largest absolute Gasteiger partial charge is 0.493 e. The lowest BCUT2D eigenvalue weighted by Gasteiger charge is -2.18. The molecule has 0 bridgehead atoms. The number of aryl methyl sites for hydroxylation is 1. The van der Waals surface area contributed by atoms with E-state index >= 15 is 0 Å². The van der Waals surface area contributed by atoms with Gasteiger partial charge in [0, 0.05) is 0 Å². The minimum atomic E-state index is -0.944. The van der Waals surface area contributed by atoms with Crippen LogP contribution in [0.4, 0.5) is 0 Å². The van der Waals surface area contributed by atoms with E-state index in [-0.39, 0.29) is 11.0 Å². The molecule has 3 nitrogen and oxygen atoms in total. The van der Waals surface area contributed by atoms with Gasteiger partial charge in [0.2, 0.25) is 0 Å². The monoisotopic (exact) mass is 250 g/mol. The molecule has 0 unspecified atom stereocenters. The topological polar surface area (TPSA) is 46.5 Å². The standard InChI is InChI=1S/C15H22O3/c1-11-6-7-12(14(16)17)13(10-11)18-9-5-8-15(2,3)4/h6-7,10H,5,8-9H2,1-4H3,(H,16,17). The Morgan fingerprint density at radius 3 is 2.56 bits per heavy atom. The highest BCUT2D eigenvalue weighted by Gasteiger charge is 2.12. The lowest BCUT2D eigenvalue weighted by molar-refractivity contribution is 0.0692. The maximum Gasteiger partial charge on any atom is 0.339 e. The van der Waals surface area contributed by atoms with Crippen molar-refractivity contribution < 1.29 is 14.6 Å². The number of carboxylic acid groups (broad SMARTS) is 1. The molecule has 100 valence electrons. The highest BCUT2D eigenvalue weighted by molar-refractivity contribution is 5.90. The van der Waals surface area contributed by atoms with Gasteiger partial charge in [-0.2, -0.15) is 0 Å². The Balaban J connectivity index is 2.61. The van der Waals surface area contributed by atoms with Crippen LogP contribution in [0, 0.1) is 12.3 Å². The number of hydrogen-bond acceptors (Lipinski definition) is 2. The Hall–Kier alpha value is -1.51. The number of ether oxygens (including phenoxy) is 1. The second kappa shape index (κ2) is 5.89. The molecule has 1 N–H and O–H groups in total. The summed E-state index contributed by atoms with van der Waals surface area (Å²) in [6, 6.07) is 5.16. The van der Waals surface area contributed by atoms with E-state index in [1.807, 2.05) is 6.92 Å². The van der Waals surface area contributed by atoms with Crippen molar-refractivity contribution in [1.29, 1.82) is 0 Å². The number of carbonyl (C=O) groups is 1. The molecule has 0 heterocycles. The molecule has 0 aliphatic heterocycles. The highest BCUT2D eigenvalue weighted by atomic mass is 16.5. The van der Waals surface area contributed by atoms with Crippen LogP contribution >= 0.6 is 0 Å². The van der Waals surface area contributed by atoms with E-state index in [4.69, 9.17) is 9.84 Å². The van der Waals surface area contributed by atoms with Crippen LogP contribution < -0.4 is 4.74 Å². The summed E-state index contributed by atoms with van der Waals surface area (Å²) in [4.78, 5) is 11.0. The Morgan fingerprint density at radius 2 is 2.00 bits per heavy atom. The summed E-state index contributed by atoms with van der Waals surface area (Å²) in [6.45, 7) is 9.03. The van der Waals surface area contributed by atoms with Crippen molar-refractivity contribution in [3.05, 3.63) is 29.3 Å². The lowest BCUT2D eigenvalue weighted by Crippen LogP contribution is -2.09. The summed E-state index contributed by atoms with van der Waals surface area (Å²) in [5.74, 6) is -0.475. The van der Waals surface area contributed by atoms with E-state index in [0.29, 0.717) is 12.4 Å². The lowest BCUT2D eigenvalue weighted by atomic mass is 9.91. The van der Waals surface area contributed by atoms with Gasteiger partial charge in [0.1, 0.15) is 11.3 Å². The number of benzene rings is 1. The van der Waals surface area contributed by atoms with Gasteiger partial charge in [-0.1, -0.05) is 26.8 Å². The zero-order chi connectivity index (χ0) is 13.8. The average molecular weight is 250 g/mol. The van der Waals surface area contributed by atoms with Crippen LogP contribution in [0.5, 0.6) is 5.75 Å². The van der Waals surface area contributed by atoms with Crippen LogP contribution in [0.1, 0.15) is 49.5 Å². The van der Waals surface area contributed by atoms with Gasteiger partial charge in [0.05, 0.1) is 6.61 Å². The normalized spacial score (nSPS) is 11.3. The third kappa shape index (κ3) is 4.78. The molecule has 0 saturated heterocycles. The predicted molar refractivity (Wildman–Crippen MR) is 72.3 cm³/mol. The van der Waals surface area contributed by atoms with Gasteiger partial charge in [-0.3, -0.25) is 0 Å². The molecule has 0 aromatic heterocycles. The van der Waals surface area contributed by atoms with E-state index in [0.717, 1.165) is 18.4 Å². The molecular formula is C15H22O3. The van der Waals surface area contributed by atoms with E-state index in [9.17, 15) is 4.79 Å². The number of rotatable bonds is 5. The van der Waals surface area contributed by atoms with Crippen molar-refractivity contribution in [2.24, 2.45) is 5.41 Å². The van der Waals surface area contributed by atoms with Crippen LogP contribution in [-0.4, -0.2) is 17.7 Å². The molecule has 1 aromatic rings. The van der Waals surface area contributed by atoms with Crippen LogP contribution in [0.25, 0.3) is 0 Å². The third-order valence-corrected chi connectivity index (χ3v) is 2.70. The molecule has 0 aliphatic rings. The van der Waals surface area contributed by atoms with Gasteiger partial charge < -0.3 is 9.84 Å². The molecule has 0 aliphatic carbocycles. The smallest absolute Gasteiger partial charge is 0.339 e. The summed E-state index contributed by atoms with van der Waals surface area (Å²) >= 11 is 0. The predicted octanol–water partition coefficient (Wildman–Crippen LogP) is 3.90. The molecule has 0 saturated carbocycles. The molecule has 0 radical (unpaired) electrons. The van der Waals surface area contributed by atoms with E-state index < -0.39 is 5.97 Å². The minimum Gasteiger partial charge on any atom is -0.493 e. The summed E-state index contributed by atoms with van der Waals surface area (Å²) in [6.07, 6.45) is 1.98. The van der Waals surface area contributed by atoms with Gasteiger partial charge in [0.15, 0.2) is 0 Å². The van der Waals surface area contributed by atoms with Crippen LogP contribution in [-0.2, 0) is 0 Å². The number of carboxylic acids is 1. The Kier molecular flexibility index (Phi) is 4.76. The molecule has 18 heavy (non-hydrogen) atoms. The molecule has 0 fully saturated rings. The summed E-state index contributed by atoms with van der Waals surface area (Å²) in [7, 11) is 0. The molecule has 0 spiro atoms. The summed E-state index contributed by atoms with van der Waals surface area (Å²) < 4.78 is 5.59. The second-order valence-electron chi connectivity index (χ2n) is 5.82. The highest BCUT2D eigenvalue weighted by Crippen LogP contribution is 2.23. The molecule has 0 amide bonds. The summed E-state index contributed by atoms with van der Waals surface area (Å²) in [5.41, 5.74) is 1.52. The fraction of sp³-hybridized carbons (Fsp3) is 0.533. The van der Waals surface area contributed by atoms with Gasteiger partial charge in [-0.15, -0.1) is 0 Å². The first-order chi connectivity index (χ1) is 8.29. The van der Waals surface area contributed by atoms with Gasteiger partial charge >= 0.3 is 5.97 Å². The maximum atomic E-state index is 11.0. The maximum absolute atomic E-state index is 11.0. The van der Waals surface area contributed by atoms with E-state index in [1.54, 1.807) is 18.2 Å². The molecular weight excluding hydrogens is 228 g/mol. The summed E-state index contributed by atoms with van der Waals surface area (Å²) in [5, 5.41) is 9.06. The van der Waals surface area contributed by atoms with Gasteiger partial charge in [-0.05, 0) is 42.9 Å². The fourth-order valence-corrected chi connectivity index (χ4v) is 1.71. The first kappa shape index (κ1) is 14.6. The van der Waals surface area contributed by atoms with Crippen molar-refractivity contribution in [3.8, 4) is 5.75 Å². The SMILES string of the molecule is Cc1ccc(C(=O)O)c(OCCCC(C)(C)C)c1. The van der Waals surface area contributed by atoms with Crippen molar-refractivity contribution >= 4 is 5.97 Å². The zero-order valence-electron chi connectivity index (χ0n) is 11.6. The van der Waals surface area contributed by atoms with Crippen molar-refractivity contribution in [2.75, 3.05) is 6.61 Å². The first-order valence-electron chi connectivity index (χ1n) is 6.26. The van der Waals surface area contributed by atoms with Crippen molar-refractivity contribution in [2.45, 2.75) is 40.5 Å². The van der Waals surface area contributed by atoms with Crippen LogP contribution in [0.2, 0.25) is 0 Å². The van der Waals surface area contributed by atoms with E-state index in [2.05, 4.69) is 20.8 Å². The van der Waals surface area contributed by atoms with E-state index in [1.165, 1.54) is 0 Å². The van der Waals surface area contributed by atoms with Gasteiger partial charge in [0.25, 0.3) is 0 Å². The number of hydrogen-bond donors (Lipinski definition) is 1. The Labute approximate surface area is 109 Å². The molecule has 1 aromatic carbocycles. The molecule has 1 rings (SSSR count). The first-order valence-corrected chi connectivity index (χ1v) is 6.26.